The SMILES string of the molecule is CCNC1CCN(c2cc(OC)ccc2F)C1=O. The molecule has 0 saturated carbocycles. The van der Waals surface area contributed by atoms with Crippen molar-refractivity contribution in [1.29, 1.82) is 0 Å². The summed E-state index contributed by atoms with van der Waals surface area (Å²) in [6.07, 6.45) is 0.698. The number of hydrogen-bond donors (Lipinski definition) is 1. The summed E-state index contributed by atoms with van der Waals surface area (Å²) in [6, 6.07) is 4.21. The van der Waals surface area contributed by atoms with Crippen molar-refractivity contribution in [3.63, 3.8) is 0 Å². The average Bonchev–Trinajstić information content (AvgIpc) is 2.73. The van der Waals surface area contributed by atoms with E-state index in [0.717, 1.165) is 6.54 Å². The maximum absolute atomic E-state index is 13.8. The van der Waals surface area contributed by atoms with Gasteiger partial charge in [-0.15, -0.1) is 0 Å². The molecule has 18 heavy (non-hydrogen) atoms. The minimum Gasteiger partial charge on any atom is -0.497 e. The van der Waals surface area contributed by atoms with Crippen molar-refractivity contribution in [3.05, 3.63) is 24.0 Å². The molecule has 4 nitrogen and oxygen atoms in total. The molecule has 1 N–H and O–H groups in total. The number of methoxy groups -OCH3 is 1. The molecule has 0 spiro atoms. The van der Waals surface area contributed by atoms with Gasteiger partial charge in [0.2, 0.25) is 5.91 Å². The Balaban J connectivity index is 2.24. The zero-order chi connectivity index (χ0) is 13.1. The number of hydrogen-bond acceptors (Lipinski definition) is 3. The normalized spacial score (nSPS) is 19.4. The third-order valence-corrected chi connectivity index (χ3v) is 3.10. The summed E-state index contributed by atoms with van der Waals surface area (Å²) in [6.45, 7) is 3.20. The molecule has 0 aliphatic carbocycles. The van der Waals surface area contributed by atoms with Gasteiger partial charge in [-0.05, 0) is 25.1 Å². The molecule has 1 fully saturated rings. The van der Waals surface area contributed by atoms with E-state index in [1.54, 1.807) is 12.1 Å². The Bertz CT molecular complexity index is 451. The number of anilines is 1. The van der Waals surface area contributed by atoms with Crippen LogP contribution in [-0.4, -0.2) is 32.1 Å². The molecule has 1 atom stereocenters. The molecule has 0 aromatic heterocycles. The topological polar surface area (TPSA) is 41.6 Å². The van der Waals surface area contributed by atoms with Crippen LogP contribution in [-0.2, 0) is 4.79 Å². The molecule has 1 aromatic carbocycles. The second-order valence-corrected chi connectivity index (χ2v) is 4.21. The number of benzene rings is 1. The lowest BCUT2D eigenvalue weighted by molar-refractivity contribution is -0.118. The Morgan fingerprint density at radius 1 is 1.56 bits per heavy atom. The number of carbonyl (C=O) groups excluding carboxylic acids is 1. The van der Waals surface area contributed by atoms with Crippen LogP contribution in [0.4, 0.5) is 10.1 Å². The summed E-state index contributed by atoms with van der Waals surface area (Å²) in [7, 11) is 1.52. The fraction of sp³-hybridized carbons (Fsp3) is 0.462. The van der Waals surface area contributed by atoms with Crippen molar-refractivity contribution < 1.29 is 13.9 Å². The highest BCUT2D eigenvalue weighted by Crippen LogP contribution is 2.28. The van der Waals surface area contributed by atoms with Gasteiger partial charge in [0.25, 0.3) is 0 Å². The van der Waals surface area contributed by atoms with Crippen molar-refractivity contribution in [2.45, 2.75) is 19.4 Å². The Morgan fingerprint density at radius 3 is 3.00 bits per heavy atom. The fourth-order valence-corrected chi connectivity index (χ4v) is 2.18. The van der Waals surface area contributed by atoms with Gasteiger partial charge in [-0.2, -0.15) is 0 Å². The van der Waals surface area contributed by atoms with E-state index in [1.807, 2.05) is 6.92 Å². The Labute approximate surface area is 106 Å². The van der Waals surface area contributed by atoms with Gasteiger partial charge in [0.15, 0.2) is 0 Å². The molecule has 1 aliphatic rings. The quantitative estimate of drug-likeness (QED) is 0.884. The second-order valence-electron chi connectivity index (χ2n) is 4.21. The smallest absolute Gasteiger partial charge is 0.244 e. The van der Waals surface area contributed by atoms with Gasteiger partial charge in [0, 0.05) is 12.6 Å². The van der Waals surface area contributed by atoms with Crippen LogP contribution in [0.2, 0.25) is 0 Å². The van der Waals surface area contributed by atoms with Gasteiger partial charge < -0.3 is 15.0 Å². The fourth-order valence-electron chi connectivity index (χ4n) is 2.18. The van der Waals surface area contributed by atoms with Crippen molar-refractivity contribution in [3.8, 4) is 5.75 Å². The largest absolute Gasteiger partial charge is 0.497 e. The van der Waals surface area contributed by atoms with Gasteiger partial charge in [-0.1, -0.05) is 6.92 Å². The molecule has 2 rings (SSSR count). The second kappa shape index (κ2) is 5.35. The third kappa shape index (κ3) is 2.31. The van der Waals surface area contributed by atoms with Gasteiger partial charge >= 0.3 is 0 Å². The highest BCUT2D eigenvalue weighted by atomic mass is 19.1. The first-order chi connectivity index (χ1) is 8.67. The number of nitrogens with one attached hydrogen (secondary N) is 1. The predicted molar refractivity (Wildman–Crippen MR) is 67.4 cm³/mol. The van der Waals surface area contributed by atoms with Crippen molar-refractivity contribution in [2.75, 3.05) is 25.1 Å². The summed E-state index contributed by atoms with van der Waals surface area (Å²) in [5.74, 6) is 0.0661. The Hall–Kier alpha value is -1.62. The molecule has 1 saturated heterocycles. The van der Waals surface area contributed by atoms with Gasteiger partial charge in [0.05, 0.1) is 18.8 Å². The van der Waals surface area contributed by atoms with Crippen molar-refractivity contribution in [1.82, 2.24) is 5.32 Å². The van der Waals surface area contributed by atoms with Crippen LogP contribution in [0.3, 0.4) is 0 Å². The summed E-state index contributed by atoms with van der Waals surface area (Å²) >= 11 is 0. The highest BCUT2D eigenvalue weighted by molar-refractivity contribution is 5.99. The van der Waals surface area contributed by atoms with E-state index in [-0.39, 0.29) is 11.9 Å². The minimum absolute atomic E-state index is 0.0796. The number of rotatable bonds is 4. The lowest BCUT2D eigenvalue weighted by atomic mass is 10.2. The molecule has 0 radical (unpaired) electrons. The Kier molecular flexibility index (Phi) is 3.81. The lowest BCUT2D eigenvalue weighted by Crippen LogP contribution is -2.38. The van der Waals surface area contributed by atoms with E-state index in [9.17, 15) is 9.18 Å². The van der Waals surface area contributed by atoms with Crippen LogP contribution in [0.25, 0.3) is 0 Å². The highest BCUT2D eigenvalue weighted by Gasteiger charge is 2.33. The first-order valence-corrected chi connectivity index (χ1v) is 6.05. The van der Waals surface area contributed by atoms with Gasteiger partial charge in [0.1, 0.15) is 11.6 Å². The first-order valence-electron chi connectivity index (χ1n) is 6.05. The van der Waals surface area contributed by atoms with E-state index in [2.05, 4.69) is 5.32 Å². The number of nitrogens with zero attached hydrogens (tertiary/aromatic N) is 1. The molecule has 98 valence electrons. The summed E-state index contributed by atoms with van der Waals surface area (Å²) in [4.78, 5) is 13.6. The number of carbonyl (C=O) groups is 1. The summed E-state index contributed by atoms with van der Waals surface area (Å²) in [5, 5.41) is 3.10. The molecule has 0 bridgehead atoms. The third-order valence-electron chi connectivity index (χ3n) is 3.10. The lowest BCUT2D eigenvalue weighted by Gasteiger charge is -2.18. The van der Waals surface area contributed by atoms with Crippen LogP contribution >= 0.6 is 0 Å². The van der Waals surface area contributed by atoms with Crippen LogP contribution < -0.4 is 15.0 Å². The standard InChI is InChI=1S/C13H17FN2O2/c1-3-15-11-6-7-16(13(11)17)12-8-9(18-2)4-5-10(12)14/h4-5,8,11,15H,3,6-7H2,1-2H3. The number of likely N-dealkylation sites (N-methyl/N-ethyl adjacent to an activating group) is 1. The van der Waals surface area contributed by atoms with E-state index in [1.165, 1.54) is 18.1 Å². The molecule has 1 amide bonds. The maximum Gasteiger partial charge on any atom is 0.244 e. The zero-order valence-corrected chi connectivity index (χ0v) is 10.6. The molecule has 1 aliphatic heterocycles. The number of halogens is 1. The molecule has 1 aromatic rings. The monoisotopic (exact) mass is 252 g/mol. The molecule has 1 heterocycles. The van der Waals surface area contributed by atoms with Crippen molar-refractivity contribution >= 4 is 11.6 Å². The van der Waals surface area contributed by atoms with Gasteiger partial charge in [-0.3, -0.25) is 4.79 Å². The van der Waals surface area contributed by atoms with Gasteiger partial charge in [-0.25, -0.2) is 4.39 Å². The maximum atomic E-state index is 13.8. The molecular formula is C13H17FN2O2. The summed E-state index contributed by atoms with van der Waals surface area (Å²) < 4.78 is 18.8. The predicted octanol–water partition coefficient (Wildman–Crippen LogP) is 1.55. The molecular weight excluding hydrogens is 235 g/mol. The van der Waals surface area contributed by atoms with E-state index >= 15 is 0 Å². The van der Waals surface area contributed by atoms with E-state index < -0.39 is 5.82 Å². The zero-order valence-electron chi connectivity index (χ0n) is 10.6. The number of amides is 1. The van der Waals surface area contributed by atoms with Crippen molar-refractivity contribution in [2.24, 2.45) is 0 Å². The minimum atomic E-state index is -0.402. The van der Waals surface area contributed by atoms with Crippen LogP contribution in [0.15, 0.2) is 18.2 Å². The number of ether oxygens (including phenoxy) is 1. The van der Waals surface area contributed by atoms with Crippen LogP contribution in [0, 0.1) is 5.82 Å². The Morgan fingerprint density at radius 2 is 2.33 bits per heavy atom. The van der Waals surface area contributed by atoms with E-state index in [0.29, 0.717) is 24.4 Å². The summed E-state index contributed by atoms with van der Waals surface area (Å²) in [5.41, 5.74) is 0.291. The first kappa shape index (κ1) is 12.8. The van der Waals surface area contributed by atoms with E-state index in [4.69, 9.17) is 4.74 Å². The van der Waals surface area contributed by atoms with Crippen LogP contribution in [0.1, 0.15) is 13.3 Å². The average molecular weight is 252 g/mol. The van der Waals surface area contributed by atoms with Crippen LogP contribution in [0.5, 0.6) is 5.75 Å². The molecule has 5 heteroatoms. The molecule has 1 unspecified atom stereocenters.